The first kappa shape index (κ1) is 26.1. The van der Waals surface area contributed by atoms with Crippen molar-refractivity contribution in [2.24, 2.45) is 0 Å². The fraction of sp³-hybridized carbons (Fsp3) is 0.125. The monoisotopic (exact) mass is 605 g/mol. The molecule has 0 aliphatic rings. The number of nitrogens with zero attached hydrogens (tertiary/aromatic N) is 2. The summed E-state index contributed by atoms with van der Waals surface area (Å²) in [5, 5.41) is 14.0. The topological polar surface area (TPSA) is 111 Å². The van der Waals surface area contributed by atoms with Gasteiger partial charge in [-0.1, -0.05) is 57.5 Å². The minimum Gasteiger partial charge on any atom is -0.454 e. The number of aromatic nitrogens is 1. The maximum Gasteiger partial charge on any atom is 0.340 e. The summed E-state index contributed by atoms with van der Waals surface area (Å²) in [6.45, 7) is 1.76. The molecule has 1 amide bonds. The molecule has 1 atom stereocenters. The maximum absolute atomic E-state index is 12.9. The van der Waals surface area contributed by atoms with Gasteiger partial charge in [-0.2, -0.15) is 0 Å². The van der Waals surface area contributed by atoms with Crippen LogP contribution in [-0.2, 0) is 9.53 Å². The number of carbonyl (C=O) groups excluding carboxylic acids is 2. The van der Waals surface area contributed by atoms with E-state index in [0.717, 1.165) is 10.0 Å². The van der Waals surface area contributed by atoms with Gasteiger partial charge in [-0.3, -0.25) is 14.9 Å². The van der Waals surface area contributed by atoms with Crippen molar-refractivity contribution in [3.63, 3.8) is 0 Å². The van der Waals surface area contributed by atoms with Crippen LogP contribution >= 0.6 is 50.6 Å². The average molecular weight is 607 g/mol. The van der Waals surface area contributed by atoms with Gasteiger partial charge < -0.3 is 10.1 Å². The summed E-state index contributed by atoms with van der Waals surface area (Å²) >= 11 is 12.0. The van der Waals surface area contributed by atoms with Crippen molar-refractivity contribution in [1.29, 1.82) is 0 Å². The molecule has 0 spiro atoms. The van der Waals surface area contributed by atoms with Gasteiger partial charge in [0.25, 0.3) is 5.69 Å². The van der Waals surface area contributed by atoms with Crippen molar-refractivity contribution < 1.29 is 19.2 Å². The molecule has 1 heterocycles. The number of nitro benzene ring substituents is 1. The summed E-state index contributed by atoms with van der Waals surface area (Å²) in [7, 11) is 0. The minimum absolute atomic E-state index is 0.0102. The van der Waals surface area contributed by atoms with E-state index >= 15 is 0 Å². The van der Waals surface area contributed by atoms with E-state index in [9.17, 15) is 19.7 Å². The van der Waals surface area contributed by atoms with Gasteiger partial charge in [0, 0.05) is 27.2 Å². The van der Waals surface area contributed by atoms with E-state index in [-0.39, 0.29) is 28.6 Å². The van der Waals surface area contributed by atoms with Crippen molar-refractivity contribution >= 4 is 84.1 Å². The molecular formula is C24H17BrClN3O5S2. The molecule has 4 aromatic rings. The fourth-order valence-electron chi connectivity index (χ4n) is 3.27. The van der Waals surface area contributed by atoms with E-state index in [1.807, 2.05) is 24.3 Å². The lowest BCUT2D eigenvalue weighted by atomic mass is 10.1. The van der Waals surface area contributed by atoms with Crippen LogP contribution in [0.3, 0.4) is 0 Å². The Morgan fingerprint density at radius 1 is 1.22 bits per heavy atom. The highest BCUT2D eigenvalue weighted by atomic mass is 79.9. The lowest BCUT2D eigenvalue weighted by Gasteiger charge is -2.17. The molecule has 0 aliphatic carbocycles. The van der Waals surface area contributed by atoms with Crippen molar-refractivity contribution in [3.05, 3.63) is 91.4 Å². The summed E-state index contributed by atoms with van der Waals surface area (Å²) in [4.78, 5) is 40.5. The first-order valence-electron chi connectivity index (χ1n) is 10.4. The quantitative estimate of drug-likeness (QED) is 0.0972. The molecule has 184 valence electrons. The normalized spacial score (nSPS) is 11.8. The minimum atomic E-state index is -0.606. The lowest BCUT2D eigenvalue weighted by molar-refractivity contribution is -0.384. The molecule has 0 aliphatic heterocycles. The van der Waals surface area contributed by atoms with Gasteiger partial charge in [0.2, 0.25) is 5.91 Å². The number of nitrogens with one attached hydrogen (secondary N) is 1. The highest BCUT2D eigenvalue weighted by molar-refractivity contribution is 9.10. The molecule has 0 saturated heterocycles. The lowest BCUT2D eigenvalue weighted by Crippen LogP contribution is -2.18. The largest absolute Gasteiger partial charge is 0.454 e. The Balaban J connectivity index is 1.43. The van der Waals surface area contributed by atoms with Crippen molar-refractivity contribution in [1.82, 2.24) is 4.98 Å². The molecule has 0 bridgehead atoms. The maximum atomic E-state index is 12.9. The Kier molecular flexibility index (Phi) is 8.24. The number of anilines is 1. The zero-order valence-corrected chi connectivity index (χ0v) is 22.5. The van der Waals surface area contributed by atoms with Gasteiger partial charge in [-0.15, -0.1) is 11.3 Å². The highest BCUT2D eigenvalue weighted by Gasteiger charge is 2.20. The Bertz CT molecular complexity index is 1480. The third-order valence-electron chi connectivity index (χ3n) is 4.99. The molecule has 1 N–H and O–H groups in total. The van der Waals surface area contributed by atoms with Crippen LogP contribution in [0, 0.1) is 10.1 Å². The number of fused-ring (bicyclic) bond motifs is 1. The molecule has 0 fully saturated rings. The van der Waals surface area contributed by atoms with Crippen LogP contribution in [0.4, 0.5) is 11.4 Å². The number of halogens is 2. The number of hydrogen-bond acceptors (Lipinski definition) is 8. The fourth-order valence-corrected chi connectivity index (χ4v) is 5.95. The molecule has 1 aromatic heterocycles. The van der Waals surface area contributed by atoms with Crippen LogP contribution in [0.15, 0.2) is 69.5 Å². The molecule has 36 heavy (non-hydrogen) atoms. The van der Waals surface area contributed by atoms with Crippen molar-refractivity contribution in [2.75, 3.05) is 11.1 Å². The van der Waals surface area contributed by atoms with Gasteiger partial charge in [-0.05, 0) is 37.3 Å². The standard InChI is InChI=1S/C24H17BrClN3O5S2/c1-13(16-4-2-3-5-18(16)25)34-23(31)17-8-6-14(26)10-20(17)27-22(30)12-35-24-28-19-9-7-15(29(32)33)11-21(19)36-24/h2-11,13H,12H2,1H3,(H,27,30). The summed E-state index contributed by atoms with van der Waals surface area (Å²) < 4.78 is 7.70. The number of thiazole rings is 1. The average Bonchev–Trinajstić information content (AvgIpc) is 3.25. The second kappa shape index (κ2) is 11.4. The van der Waals surface area contributed by atoms with Gasteiger partial charge >= 0.3 is 5.97 Å². The van der Waals surface area contributed by atoms with E-state index in [2.05, 4.69) is 26.2 Å². The van der Waals surface area contributed by atoms with Gasteiger partial charge in [-0.25, -0.2) is 9.78 Å². The number of esters is 1. The van der Waals surface area contributed by atoms with Crippen LogP contribution in [0.5, 0.6) is 0 Å². The number of carbonyl (C=O) groups is 2. The van der Waals surface area contributed by atoms with E-state index in [1.54, 1.807) is 19.1 Å². The Morgan fingerprint density at radius 3 is 2.75 bits per heavy atom. The van der Waals surface area contributed by atoms with Crippen LogP contribution < -0.4 is 5.32 Å². The second-order valence-corrected chi connectivity index (χ2v) is 11.0. The summed E-state index contributed by atoms with van der Waals surface area (Å²) in [6.07, 6.45) is -0.530. The molecule has 0 radical (unpaired) electrons. The summed E-state index contributed by atoms with van der Waals surface area (Å²) in [5.74, 6) is -0.970. The van der Waals surface area contributed by atoms with Gasteiger partial charge in [0.1, 0.15) is 6.10 Å². The molecular weight excluding hydrogens is 590 g/mol. The van der Waals surface area contributed by atoms with E-state index in [4.69, 9.17) is 16.3 Å². The Labute approximate surface area is 227 Å². The zero-order chi connectivity index (χ0) is 25.8. The molecule has 0 saturated carbocycles. The molecule has 12 heteroatoms. The predicted molar refractivity (Wildman–Crippen MR) is 145 cm³/mol. The second-order valence-electron chi connectivity index (χ2n) is 7.48. The van der Waals surface area contributed by atoms with E-state index in [0.29, 0.717) is 19.6 Å². The van der Waals surface area contributed by atoms with E-state index < -0.39 is 17.0 Å². The van der Waals surface area contributed by atoms with Crippen LogP contribution in [0.1, 0.15) is 28.9 Å². The first-order valence-corrected chi connectivity index (χ1v) is 13.4. The number of hydrogen-bond donors (Lipinski definition) is 1. The predicted octanol–water partition coefficient (Wildman–Crippen LogP) is 7.27. The number of benzene rings is 3. The number of ether oxygens (including phenoxy) is 1. The first-order chi connectivity index (χ1) is 17.2. The molecule has 4 rings (SSSR count). The Hall–Kier alpha value is -2.99. The van der Waals surface area contributed by atoms with Crippen molar-refractivity contribution in [2.45, 2.75) is 17.4 Å². The summed E-state index contributed by atoms with van der Waals surface area (Å²) in [5.41, 5.74) is 1.81. The summed E-state index contributed by atoms with van der Waals surface area (Å²) in [6, 6.07) is 16.4. The molecule has 1 unspecified atom stereocenters. The number of amides is 1. The number of non-ortho nitro benzene ring substituents is 1. The number of rotatable bonds is 8. The molecule has 3 aromatic carbocycles. The third-order valence-corrected chi connectivity index (χ3v) is 8.11. The van der Waals surface area contributed by atoms with Crippen LogP contribution in [0.25, 0.3) is 10.2 Å². The van der Waals surface area contributed by atoms with Crippen LogP contribution in [-0.4, -0.2) is 27.5 Å². The van der Waals surface area contributed by atoms with Gasteiger partial charge in [0.05, 0.1) is 32.1 Å². The van der Waals surface area contributed by atoms with Crippen molar-refractivity contribution in [3.8, 4) is 0 Å². The zero-order valence-electron chi connectivity index (χ0n) is 18.6. The highest BCUT2D eigenvalue weighted by Crippen LogP contribution is 2.32. The Morgan fingerprint density at radius 2 is 2.00 bits per heavy atom. The number of nitro groups is 1. The number of thioether (sulfide) groups is 1. The smallest absolute Gasteiger partial charge is 0.340 e. The van der Waals surface area contributed by atoms with Gasteiger partial charge in [0.15, 0.2) is 4.34 Å². The van der Waals surface area contributed by atoms with Crippen LogP contribution in [0.2, 0.25) is 5.02 Å². The van der Waals surface area contributed by atoms with E-state index in [1.165, 1.54) is 47.4 Å². The molecule has 8 nitrogen and oxygen atoms in total. The SMILES string of the molecule is CC(OC(=O)c1ccc(Cl)cc1NC(=O)CSc1nc2ccc([N+](=O)[O-])cc2s1)c1ccccc1Br. The third kappa shape index (κ3) is 6.22.